The Hall–Kier alpha value is -6.73. The van der Waals surface area contributed by atoms with Crippen LogP contribution in [0.5, 0.6) is 11.5 Å². The van der Waals surface area contributed by atoms with E-state index in [1.54, 1.807) is 31.2 Å². The molecule has 3 aromatic carbocycles. The minimum Gasteiger partial charge on any atom is -0.508 e. The van der Waals surface area contributed by atoms with Gasteiger partial charge in [-0.3, -0.25) is 33.6 Å². The van der Waals surface area contributed by atoms with Crippen molar-refractivity contribution in [2.75, 3.05) is 45.9 Å². The molecule has 23 nitrogen and oxygen atoms in total. The Morgan fingerprint density at radius 3 is 2.06 bits per heavy atom. The van der Waals surface area contributed by atoms with E-state index in [2.05, 4.69) is 38.8 Å². The highest BCUT2D eigenvalue weighted by Gasteiger charge is 2.48. The maximum absolute atomic E-state index is 14.6. The monoisotopic (exact) mass is 1100 g/mol. The normalized spacial score (nSPS) is 26.4. The number of aromatic hydroxyl groups is 1. The SMILES string of the molecule is CCCCCCCCOc1ccc(-c2ccc(C(=O)N[C@H]3CC(NCCN)CNC(=O)[C@@H]4[C@@H](O)[C@@H](C)CN4C(=O)[C@H](CO)NC(=O)[C@H]([C@H](O)Cc4ccc(O)cc4)NC(=O)[C@@H]4C[C@@H](O)CN4C(=O)[C@H]([C@@H](C)O)NC3=O)cc2)cc1. The zero-order valence-corrected chi connectivity index (χ0v) is 45.1. The van der Waals surface area contributed by atoms with E-state index in [1.807, 2.05) is 24.3 Å². The molecule has 0 saturated carbocycles. The van der Waals surface area contributed by atoms with Gasteiger partial charge in [0.15, 0.2) is 0 Å². The number of amides is 7. The molecule has 1 unspecified atom stereocenters. The topological polar surface area (TPSA) is 355 Å². The molecule has 14 N–H and O–H groups in total. The molecule has 23 heteroatoms. The minimum atomic E-state index is -1.91. The van der Waals surface area contributed by atoms with Crippen LogP contribution in [0.2, 0.25) is 0 Å². The summed E-state index contributed by atoms with van der Waals surface area (Å²) >= 11 is 0. The lowest BCUT2D eigenvalue weighted by atomic mass is 10.00. The van der Waals surface area contributed by atoms with E-state index >= 15 is 0 Å². The summed E-state index contributed by atoms with van der Waals surface area (Å²) in [5, 5.41) is 81.4. The first kappa shape index (κ1) is 61.5. The van der Waals surface area contributed by atoms with Crippen molar-refractivity contribution in [2.24, 2.45) is 11.7 Å². The van der Waals surface area contributed by atoms with Crippen molar-refractivity contribution in [3.63, 3.8) is 0 Å². The number of ether oxygens (including phenoxy) is 1. The number of unbranched alkanes of at least 4 members (excludes halogenated alkanes) is 5. The molecule has 3 aromatic rings. The molecule has 12 atom stereocenters. The van der Waals surface area contributed by atoms with Gasteiger partial charge in [0.1, 0.15) is 47.8 Å². The van der Waals surface area contributed by atoms with Crippen LogP contribution < -0.4 is 42.4 Å². The van der Waals surface area contributed by atoms with Gasteiger partial charge in [0.05, 0.1) is 37.6 Å². The number of nitrogens with zero attached hydrogens (tertiary/aromatic N) is 2. The van der Waals surface area contributed by atoms with Gasteiger partial charge in [0, 0.05) is 63.1 Å². The molecule has 432 valence electrons. The lowest BCUT2D eigenvalue weighted by Crippen LogP contribution is -2.63. The number of fused-ring (bicyclic) bond motifs is 2. The third kappa shape index (κ3) is 16.7. The van der Waals surface area contributed by atoms with Crippen LogP contribution in [0.15, 0.2) is 72.8 Å². The third-order valence-electron chi connectivity index (χ3n) is 14.7. The number of nitrogens with one attached hydrogen (secondary N) is 6. The molecular weight excluding hydrogens is 1020 g/mol. The first-order chi connectivity index (χ1) is 37.8. The first-order valence-electron chi connectivity index (χ1n) is 27.3. The molecule has 79 heavy (non-hydrogen) atoms. The van der Waals surface area contributed by atoms with Gasteiger partial charge >= 0.3 is 0 Å². The Morgan fingerprint density at radius 2 is 1.42 bits per heavy atom. The summed E-state index contributed by atoms with van der Waals surface area (Å²) < 4.78 is 5.94. The van der Waals surface area contributed by atoms with Gasteiger partial charge in [-0.1, -0.05) is 82.3 Å². The molecule has 0 spiro atoms. The molecule has 3 fully saturated rings. The molecule has 7 amide bonds. The van der Waals surface area contributed by atoms with Gasteiger partial charge in [0.2, 0.25) is 35.4 Å². The lowest BCUT2D eigenvalue weighted by molar-refractivity contribution is -0.146. The van der Waals surface area contributed by atoms with Crippen LogP contribution in [0, 0.1) is 5.92 Å². The Bertz CT molecular complexity index is 2520. The van der Waals surface area contributed by atoms with Crippen LogP contribution in [0.1, 0.15) is 88.1 Å². The van der Waals surface area contributed by atoms with Gasteiger partial charge in [-0.15, -0.1) is 0 Å². The number of phenols is 1. The van der Waals surface area contributed by atoms with Gasteiger partial charge in [-0.2, -0.15) is 0 Å². The second kappa shape index (κ2) is 29.5. The van der Waals surface area contributed by atoms with Crippen molar-refractivity contribution in [1.82, 2.24) is 41.7 Å². The molecule has 0 aromatic heterocycles. The molecule has 0 bridgehead atoms. The summed E-state index contributed by atoms with van der Waals surface area (Å²) in [4.78, 5) is 102. The molecule has 0 aliphatic carbocycles. The maximum Gasteiger partial charge on any atom is 0.251 e. The Kier molecular flexibility index (Phi) is 22.9. The van der Waals surface area contributed by atoms with Crippen molar-refractivity contribution >= 4 is 41.4 Å². The summed E-state index contributed by atoms with van der Waals surface area (Å²) in [6.45, 7) is 3.85. The van der Waals surface area contributed by atoms with Crippen molar-refractivity contribution in [3.05, 3.63) is 83.9 Å². The lowest BCUT2D eigenvalue weighted by Gasteiger charge is -2.32. The van der Waals surface area contributed by atoms with Gasteiger partial charge in [0.25, 0.3) is 5.91 Å². The number of nitrogens with two attached hydrogens (primary N) is 1. The van der Waals surface area contributed by atoms with E-state index < -0.39 is 127 Å². The number of carbonyl (C=O) groups excluding carboxylic acids is 7. The average Bonchev–Trinajstić information content (AvgIpc) is 4.03. The fraction of sp³-hybridized carbons (Fsp3) is 0.554. The molecule has 0 radical (unpaired) electrons. The van der Waals surface area contributed by atoms with Crippen LogP contribution in [-0.2, 0) is 35.2 Å². The fourth-order valence-electron chi connectivity index (χ4n) is 10.1. The first-order valence-corrected chi connectivity index (χ1v) is 27.3. The molecule has 3 heterocycles. The van der Waals surface area contributed by atoms with E-state index in [1.165, 1.54) is 56.9 Å². The number of aliphatic hydroxyl groups is 5. The summed E-state index contributed by atoms with van der Waals surface area (Å²) in [6.07, 6.45) is -0.254. The summed E-state index contributed by atoms with van der Waals surface area (Å²) in [6, 6.07) is 8.73. The van der Waals surface area contributed by atoms with E-state index in [9.17, 15) is 64.2 Å². The van der Waals surface area contributed by atoms with Crippen LogP contribution in [0.4, 0.5) is 0 Å². The van der Waals surface area contributed by atoms with Gasteiger partial charge in [-0.25, -0.2) is 0 Å². The zero-order chi connectivity index (χ0) is 57.3. The van der Waals surface area contributed by atoms with Crippen LogP contribution in [0.25, 0.3) is 11.1 Å². The number of hydrogen-bond acceptors (Lipinski definition) is 16. The van der Waals surface area contributed by atoms with Gasteiger partial charge < -0.3 is 82.8 Å². The van der Waals surface area contributed by atoms with E-state index in [4.69, 9.17) is 10.5 Å². The number of benzene rings is 3. The molecule has 3 aliphatic heterocycles. The molecule has 3 aliphatic rings. The quantitative estimate of drug-likeness (QED) is 0.0636. The maximum atomic E-state index is 14.6. The van der Waals surface area contributed by atoms with Crippen molar-refractivity contribution in [3.8, 4) is 22.6 Å². The highest BCUT2D eigenvalue weighted by atomic mass is 16.5. The fourth-order valence-corrected chi connectivity index (χ4v) is 10.1. The minimum absolute atomic E-state index is 0.0914. The van der Waals surface area contributed by atoms with Crippen molar-refractivity contribution < 1.29 is 68.9 Å². The second-order valence-corrected chi connectivity index (χ2v) is 20.9. The Labute approximate surface area is 460 Å². The third-order valence-corrected chi connectivity index (χ3v) is 14.7. The molecule has 3 saturated heterocycles. The van der Waals surface area contributed by atoms with E-state index in [-0.39, 0.29) is 56.8 Å². The largest absolute Gasteiger partial charge is 0.508 e. The van der Waals surface area contributed by atoms with E-state index in [0.717, 1.165) is 39.5 Å². The average molecular weight is 1100 g/mol. The smallest absolute Gasteiger partial charge is 0.251 e. The van der Waals surface area contributed by atoms with Gasteiger partial charge in [-0.05, 0) is 72.9 Å². The van der Waals surface area contributed by atoms with Crippen molar-refractivity contribution in [1.29, 1.82) is 0 Å². The van der Waals surface area contributed by atoms with Crippen LogP contribution >= 0.6 is 0 Å². The predicted molar refractivity (Wildman–Crippen MR) is 290 cm³/mol. The van der Waals surface area contributed by atoms with E-state index in [0.29, 0.717) is 12.2 Å². The zero-order valence-electron chi connectivity index (χ0n) is 45.1. The Morgan fingerprint density at radius 1 is 0.772 bits per heavy atom. The number of phenolic OH excluding ortho intramolecular Hbond substituents is 1. The number of rotatable bonds is 19. The van der Waals surface area contributed by atoms with Crippen LogP contribution in [0.3, 0.4) is 0 Å². The standard InChI is InChI=1S/C56H79N9O14/c1-4-5-6-7-8-9-24-79-41-20-16-36(17-21-41)35-12-14-37(15-13-35)50(72)60-42-26-38(58-23-22-57)28-59-54(76)48-49(71)32(2)29-65(48)55(77)43(31-66)61-53(75)47(45(70)25-34-10-18-39(68)19-11-34)63-52(74)44-27-40(69)30-64(44)56(78)46(33(3)67)62-51(42)73/h10-21,32-33,38,40,42-49,58,66-71H,4-9,22-31,57H2,1-3H3,(H,59,76)(H,60,72)(H,61,75)(H,62,73)(H,63,74)/t32-,33+,38?,40+,42-,43-,44-,45+,46-,47-,48-,49-/m0/s1. The molecule has 6 rings (SSSR count). The number of hydrogen-bond donors (Lipinski definition) is 13. The van der Waals surface area contributed by atoms with Crippen LogP contribution in [-0.4, -0.2) is 194 Å². The number of carbonyl (C=O) groups is 7. The number of aliphatic hydroxyl groups excluding tert-OH is 5. The Balaban J connectivity index is 1.30. The highest BCUT2D eigenvalue weighted by Crippen LogP contribution is 2.27. The summed E-state index contributed by atoms with van der Waals surface area (Å²) in [5.74, 6) is -6.84. The van der Waals surface area contributed by atoms with Crippen molar-refractivity contribution in [2.45, 2.75) is 145 Å². The second-order valence-electron chi connectivity index (χ2n) is 20.9. The predicted octanol–water partition coefficient (Wildman–Crippen LogP) is -1.07. The molecular formula is C56H79N9O14. The summed E-state index contributed by atoms with van der Waals surface area (Å²) in [7, 11) is 0. The highest BCUT2D eigenvalue weighted by molar-refractivity contribution is 6.00. The summed E-state index contributed by atoms with van der Waals surface area (Å²) in [5.41, 5.74) is 8.06.